The Balaban J connectivity index is 0. The predicted octanol–water partition coefficient (Wildman–Crippen LogP) is 0.798. The third-order valence-electron chi connectivity index (χ3n) is 1.15. The van der Waals surface area contributed by atoms with Crippen LogP contribution in [0.25, 0.3) is 0 Å². The summed E-state index contributed by atoms with van der Waals surface area (Å²) < 4.78 is 0. The lowest BCUT2D eigenvalue weighted by Gasteiger charge is -2.24. The zero-order valence-corrected chi connectivity index (χ0v) is 7.64. The van der Waals surface area contributed by atoms with Crippen LogP contribution in [-0.2, 0) is 9.63 Å². The summed E-state index contributed by atoms with van der Waals surface area (Å²) >= 11 is 0. The fraction of sp³-hybridized carbons (Fsp3) is 0.833. The molecule has 0 aromatic heterocycles. The first-order valence-electron chi connectivity index (χ1n) is 2.98. The molecular weight excluding hydrogens is 170 g/mol. The fourth-order valence-corrected chi connectivity index (χ4v) is 0.633. The van der Waals surface area contributed by atoms with Crippen molar-refractivity contribution >= 4 is 18.4 Å². The van der Waals surface area contributed by atoms with Gasteiger partial charge in [-0.2, -0.15) is 0 Å². The summed E-state index contributed by atoms with van der Waals surface area (Å²) in [6.45, 7) is 5.25. The zero-order valence-electron chi connectivity index (χ0n) is 6.83. The van der Waals surface area contributed by atoms with Crippen LogP contribution in [0.5, 0.6) is 0 Å². The van der Waals surface area contributed by atoms with Gasteiger partial charge in [0.2, 0.25) is 0 Å². The molecule has 1 unspecified atom stereocenters. The van der Waals surface area contributed by atoms with E-state index in [1.165, 1.54) is 0 Å². The van der Waals surface area contributed by atoms with E-state index in [4.69, 9.17) is 11.0 Å². The number of carbonyl (C=O) groups is 1. The molecule has 0 aliphatic heterocycles. The smallest absolute Gasteiger partial charge is 0.335 e. The highest BCUT2D eigenvalue weighted by Gasteiger charge is 2.31. The van der Waals surface area contributed by atoms with Crippen molar-refractivity contribution in [3.8, 4) is 0 Å². The Morgan fingerprint density at radius 1 is 1.55 bits per heavy atom. The SMILES string of the molecule is CC(C)(C)C(ON)C(=O)O.Cl. The molecule has 0 aliphatic rings. The molecule has 0 aliphatic carbocycles. The first-order valence-corrected chi connectivity index (χ1v) is 2.98. The van der Waals surface area contributed by atoms with Crippen LogP contribution in [0.2, 0.25) is 0 Å². The van der Waals surface area contributed by atoms with Gasteiger partial charge in [0.05, 0.1) is 0 Å². The van der Waals surface area contributed by atoms with Gasteiger partial charge >= 0.3 is 5.97 Å². The molecule has 68 valence electrons. The highest BCUT2D eigenvalue weighted by Crippen LogP contribution is 2.20. The van der Waals surface area contributed by atoms with Crippen molar-refractivity contribution in [3.63, 3.8) is 0 Å². The van der Waals surface area contributed by atoms with Gasteiger partial charge in [0.1, 0.15) is 0 Å². The van der Waals surface area contributed by atoms with Gasteiger partial charge in [0.15, 0.2) is 6.10 Å². The third kappa shape index (κ3) is 4.19. The van der Waals surface area contributed by atoms with Crippen LogP contribution in [0, 0.1) is 5.41 Å². The first-order chi connectivity index (χ1) is 4.39. The average molecular weight is 184 g/mol. The maximum Gasteiger partial charge on any atom is 0.335 e. The maximum absolute atomic E-state index is 10.4. The molecule has 0 heterocycles. The fourth-order valence-electron chi connectivity index (χ4n) is 0.633. The van der Waals surface area contributed by atoms with E-state index in [1.54, 1.807) is 20.8 Å². The van der Waals surface area contributed by atoms with Crippen LogP contribution in [0.4, 0.5) is 0 Å². The molecule has 0 rings (SSSR count). The van der Waals surface area contributed by atoms with Crippen molar-refractivity contribution in [2.45, 2.75) is 26.9 Å². The van der Waals surface area contributed by atoms with Crippen molar-refractivity contribution in [1.29, 1.82) is 0 Å². The summed E-state index contributed by atoms with van der Waals surface area (Å²) in [7, 11) is 0. The van der Waals surface area contributed by atoms with Gasteiger partial charge in [0, 0.05) is 5.41 Å². The summed E-state index contributed by atoms with van der Waals surface area (Å²) in [6.07, 6.45) is -0.938. The van der Waals surface area contributed by atoms with E-state index in [2.05, 4.69) is 4.84 Å². The first kappa shape index (κ1) is 13.3. The molecule has 0 amide bonds. The maximum atomic E-state index is 10.4. The molecule has 0 fully saturated rings. The van der Waals surface area contributed by atoms with Crippen molar-refractivity contribution in [3.05, 3.63) is 0 Å². The molecule has 4 nitrogen and oxygen atoms in total. The Hall–Kier alpha value is -0.320. The van der Waals surface area contributed by atoms with Crippen LogP contribution < -0.4 is 5.90 Å². The zero-order chi connectivity index (χ0) is 8.36. The Morgan fingerprint density at radius 2 is 1.91 bits per heavy atom. The van der Waals surface area contributed by atoms with Gasteiger partial charge in [-0.1, -0.05) is 20.8 Å². The van der Waals surface area contributed by atoms with E-state index in [0.29, 0.717) is 0 Å². The summed E-state index contributed by atoms with van der Waals surface area (Å²) in [5.74, 6) is 3.75. The van der Waals surface area contributed by atoms with Gasteiger partial charge in [-0.05, 0) is 0 Å². The molecule has 0 radical (unpaired) electrons. The number of carboxylic acid groups (broad SMARTS) is 1. The van der Waals surface area contributed by atoms with E-state index < -0.39 is 17.5 Å². The molecule has 0 saturated heterocycles. The average Bonchev–Trinajstić information content (AvgIpc) is 1.60. The lowest BCUT2D eigenvalue weighted by Crippen LogP contribution is -2.38. The highest BCUT2D eigenvalue weighted by molar-refractivity contribution is 5.85. The van der Waals surface area contributed by atoms with Gasteiger partial charge in [0.25, 0.3) is 0 Å². The van der Waals surface area contributed by atoms with E-state index in [9.17, 15) is 4.79 Å². The van der Waals surface area contributed by atoms with Crippen LogP contribution >= 0.6 is 12.4 Å². The Bertz CT molecular complexity index is 132. The van der Waals surface area contributed by atoms with Gasteiger partial charge < -0.3 is 5.11 Å². The van der Waals surface area contributed by atoms with E-state index in [-0.39, 0.29) is 12.4 Å². The minimum Gasteiger partial charge on any atom is -0.479 e. The number of hydrogen-bond acceptors (Lipinski definition) is 3. The van der Waals surface area contributed by atoms with Crippen molar-refractivity contribution in [2.24, 2.45) is 11.3 Å². The summed E-state index contributed by atoms with van der Waals surface area (Å²) in [5.41, 5.74) is -0.458. The topological polar surface area (TPSA) is 72.5 Å². The van der Waals surface area contributed by atoms with Gasteiger partial charge in [-0.15, -0.1) is 12.4 Å². The molecule has 0 saturated carbocycles. The van der Waals surface area contributed by atoms with Crippen LogP contribution in [0.15, 0.2) is 0 Å². The van der Waals surface area contributed by atoms with Crippen molar-refractivity contribution in [1.82, 2.24) is 0 Å². The van der Waals surface area contributed by atoms with Gasteiger partial charge in [-0.3, -0.25) is 4.84 Å². The molecular formula is C6H14ClNO3. The Morgan fingerprint density at radius 3 is 1.91 bits per heavy atom. The normalized spacial score (nSPS) is 13.5. The quantitative estimate of drug-likeness (QED) is 0.622. The molecule has 0 bridgehead atoms. The highest BCUT2D eigenvalue weighted by atomic mass is 35.5. The Labute approximate surface area is 72.1 Å². The molecule has 1 atom stereocenters. The number of halogens is 1. The second kappa shape index (κ2) is 4.54. The second-order valence-electron chi connectivity index (χ2n) is 3.22. The molecule has 3 N–H and O–H groups in total. The van der Waals surface area contributed by atoms with E-state index >= 15 is 0 Å². The van der Waals surface area contributed by atoms with Gasteiger partial charge in [-0.25, -0.2) is 10.7 Å². The van der Waals surface area contributed by atoms with Crippen molar-refractivity contribution in [2.75, 3.05) is 0 Å². The summed E-state index contributed by atoms with van der Waals surface area (Å²) in [6, 6.07) is 0. The molecule has 5 heteroatoms. The molecule has 0 aromatic carbocycles. The number of rotatable bonds is 2. The van der Waals surface area contributed by atoms with Crippen molar-refractivity contribution < 1.29 is 14.7 Å². The Kier molecular flexibility index (Phi) is 5.48. The molecule has 0 spiro atoms. The third-order valence-corrected chi connectivity index (χ3v) is 1.15. The van der Waals surface area contributed by atoms with Crippen LogP contribution in [0.1, 0.15) is 20.8 Å². The molecule has 11 heavy (non-hydrogen) atoms. The second-order valence-corrected chi connectivity index (χ2v) is 3.22. The largest absolute Gasteiger partial charge is 0.479 e. The summed E-state index contributed by atoms with van der Waals surface area (Å²) in [4.78, 5) is 14.6. The summed E-state index contributed by atoms with van der Waals surface area (Å²) in [5, 5.41) is 8.50. The number of nitrogens with two attached hydrogens (primary N) is 1. The minimum atomic E-state index is -1.03. The number of aliphatic carboxylic acids is 1. The predicted molar refractivity (Wildman–Crippen MR) is 43.4 cm³/mol. The molecule has 0 aromatic rings. The number of carboxylic acids is 1. The number of hydrogen-bond donors (Lipinski definition) is 2. The van der Waals surface area contributed by atoms with E-state index in [1.807, 2.05) is 0 Å². The minimum absolute atomic E-state index is 0. The monoisotopic (exact) mass is 183 g/mol. The standard InChI is InChI=1S/C6H13NO3.ClH/c1-6(2,3)4(10-7)5(8)9;/h4H,7H2,1-3H3,(H,8,9);1H. The lowest BCUT2D eigenvalue weighted by molar-refractivity contribution is -0.158. The lowest BCUT2D eigenvalue weighted by atomic mass is 9.89. The van der Waals surface area contributed by atoms with Crippen LogP contribution in [0.3, 0.4) is 0 Å². The van der Waals surface area contributed by atoms with Crippen LogP contribution in [-0.4, -0.2) is 17.2 Å². The van der Waals surface area contributed by atoms with E-state index in [0.717, 1.165) is 0 Å².